The van der Waals surface area contributed by atoms with E-state index in [0.717, 1.165) is 26.6 Å². The first-order chi connectivity index (χ1) is 10.2. The number of fused-ring (bicyclic) bond motifs is 2. The van der Waals surface area contributed by atoms with Gasteiger partial charge >= 0.3 is 0 Å². The smallest absolute Gasteiger partial charge is 0.213 e. The molecule has 3 nitrogen and oxygen atoms in total. The minimum Gasteiger partial charge on any atom is -0.488 e. The number of rotatable bonds is 2. The van der Waals surface area contributed by atoms with E-state index < -0.39 is 0 Å². The van der Waals surface area contributed by atoms with Gasteiger partial charge < -0.3 is 4.74 Å². The van der Waals surface area contributed by atoms with Crippen molar-refractivity contribution in [3.63, 3.8) is 0 Å². The molecule has 2 heterocycles. The van der Waals surface area contributed by atoms with Gasteiger partial charge in [-0.2, -0.15) is 0 Å². The molecule has 3 aromatic rings. The number of carbonyl (C=O) groups excluding carboxylic acids is 1. The van der Waals surface area contributed by atoms with Gasteiger partial charge in [-0.1, -0.05) is 24.3 Å². The lowest BCUT2D eigenvalue weighted by molar-refractivity contribution is 0.103. The summed E-state index contributed by atoms with van der Waals surface area (Å²) >= 11 is 3.45. The number of hydrogen-bond donors (Lipinski definition) is 0. The number of benzene rings is 2. The highest BCUT2D eigenvalue weighted by Crippen LogP contribution is 2.35. The number of carbonyl (C=O) groups is 1. The predicted octanol–water partition coefficient (Wildman–Crippen LogP) is 4.12. The van der Waals surface area contributed by atoms with Crippen molar-refractivity contribution in [2.24, 2.45) is 0 Å². The number of pyridine rings is 1. The zero-order chi connectivity index (χ0) is 14.4. The zero-order valence-corrected chi connectivity index (χ0v) is 12.6. The first kappa shape index (κ1) is 12.5. The number of ether oxygens (including phenoxy) is 1. The van der Waals surface area contributed by atoms with Crippen molar-refractivity contribution in [2.45, 2.75) is 6.61 Å². The van der Waals surface area contributed by atoms with Crippen LogP contribution in [0.4, 0.5) is 0 Å². The lowest BCUT2D eigenvalue weighted by Crippen LogP contribution is -2.13. The molecule has 0 unspecified atom stereocenters. The van der Waals surface area contributed by atoms with Gasteiger partial charge in [0.2, 0.25) is 5.78 Å². The number of halogens is 1. The van der Waals surface area contributed by atoms with Crippen molar-refractivity contribution in [1.82, 2.24) is 4.98 Å². The number of hydrogen-bond acceptors (Lipinski definition) is 3. The Balaban J connectivity index is 1.89. The van der Waals surface area contributed by atoms with E-state index in [1.54, 1.807) is 6.20 Å². The Morgan fingerprint density at radius 3 is 2.86 bits per heavy atom. The molecule has 0 spiro atoms. The molecular weight excluding hydrogens is 330 g/mol. The van der Waals surface area contributed by atoms with Crippen LogP contribution in [0, 0.1) is 0 Å². The van der Waals surface area contributed by atoms with Gasteiger partial charge in [0.1, 0.15) is 18.1 Å². The monoisotopic (exact) mass is 339 g/mol. The highest BCUT2D eigenvalue weighted by Gasteiger charge is 2.22. The summed E-state index contributed by atoms with van der Waals surface area (Å²) in [6, 6.07) is 13.4. The Bertz CT molecular complexity index is 884. The molecular formula is C17H10BrNO2. The van der Waals surface area contributed by atoms with E-state index >= 15 is 0 Å². The largest absolute Gasteiger partial charge is 0.488 e. The van der Waals surface area contributed by atoms with Crippen molar-refractivity contribution >= 4 is 32.5 Å². The predicted molar refractivity (Wildman–Crippen MR) is 83.6 cm³/mol. The third-order valence-electron chi connectivity index (χ3n) is 3.67. The van der Waals surface area contributed by atoms with Crippen LogP contribution in [0.3, 0.4) is 0 Å². The summed E-state index contributed by atoms with van der Waals surface area (Å²) in [5.74, 6) is 0.762. The van der Waals surface area contributed by atoms with Gasteiger partial charge in [0.25, 0.3) is 0 Å². The van der Waals surface area contributed by atoms with Crippen molar-refractivity contribution < 1.29 is 9.53 Å². The number of nitrogens with zero attached hydrogens (tertiary/aromatic N) is 1. The number of ketones is 1. The molecule has 0 saturated heterocycles. The molecule has 4 heteroatoms. The summed E-state index contributed by atoms with van der Waals surface area (Å²) in [5, 5.41) is 1.88. The maximum absolute atomic E-state index is 12.8. The first-order valence-corrected chi connectivity index (χ1v) is 7.37. The quantitative estimate of drug-likeness (QED) is 0.659. The fraction of sp³-hybridized carbons (Fsp3) is 0.0588. The molecule has 0 saturated carbocycles. The van der Waals surface area contributed by atoms with Gasteiger partial charge in [-0.25, -0.2) is 0 Å². The lowest BCUT2D eigenvalue weighted by Gasteiger charge is -2.21. The average molecular weight is 340 g/mol. The van der Waals surface area contributed by atoms with Crippen LogP contribution in [0.25, 0.3) is 10.8 Å². The third kappa shape index (κ3) is 1.94. The molecule has 102 valence electrons. The standard InChI is InChI=1S/C17H10BrNO2/c18-14-8-15-11(9-21-15)7-13(14)17(20)16-12-4-2-1-3-10(12)5-6-19-16/h1-8H,9H2. The highest BCUT2D eigenvalue weighted by atomic mass is 79.9. The molecule has 4 rings (SSSR count). The van der Waals surface area contributed by atoms with Crippen LogP contribution in [-0.4, -0.2) is 10.8 Å². The summed E-state index contributed by atoms with van der Waals surface area (Å²) in [7, 11) is 0. The Kier molecular flexibility index (Phi) is 2.79. The minimum absolute atomic E-state index is 0.0756. The maximum atomic E-state index is 12.8. The topological polar surface area (TPSA) is 39.2 Å². The van der Waals surface area contributed by atoms with Crippen molar-refractivity contribution in [1.29, 1.82) is 0 Å². The van der Waals surface area contributed by atoms with Gasteiger partial charge in [-0.3, -0.25) is 9.78 Å². The van der Waals surface area contributed by atoms with Crippen LogP contribution in [0.15, 0.2) is 53.1 Å². The van der Waals surface area contributed by atoms with Gasteiger partial charge in [0, 0.05) is 27.2 Å². The SMILES string of the molecule is O=C(c1cc2c(cc1Br)OC2)c1nccc2ccccc12. The highest BCUT2D eigenvalue weighted by molar-refractivity contribution is 9.10. The molecule has 1 aliphatic rings. The molecule has 0 fully saturated rings. The van der Waals surface area contributed by atoms with Crippen molar-refractivity contribution in [2.75, 3.05) is 0 Å². The molecule has 0 radical (unpaired) electrons. The van der Waals surface area contributed by atoms with E-state index in [4.69, 9.17) is 4.74 Å². The Hall–Kier alpha value is -2.20. The summed E-state index contributed by atoms with van der Waals surface area (Å²) in [6.45, 7) is 0.561. The van der Waals surface area contributed by atoms with E-state index in [9.17, 15) is 4.79 Å². The van der Waals surface area contributed by atoms with Crippen LogP contribution < -0.4 is 4.74 Å². The molecule has 1 aromatic heterocycles. The fourth-order valence-corrected chi connectivity index (χ4v) is 3.03. The number of aromatic nitrogens is 1. The van der Waals surface area contributed by atoms with Crippen LogP contribution in [0.2, 0.25) is 0 Å². The third-order valence-corrected chi connectivity index (χ3v) is 4.32. The maximum Gasteiger partial charge on any atom is 0.213 e. The Labute approximate surface area is 129 Å². The van der Waals surface area contributed by atoms with Gasteiger partial charge in [0.05, 0.1) is 0 Å². The second kappa shape index (κ2) is 4.67. The van der Waals surface area contributed by atoms with Crippen molar-refractivity contribution in [3.8, 4) is 5.75 Å². The van der Waals surface area contributed by atoms with Gasteiger partial charge in [-0.05, 0) is 39.5 Å². The van der Waals surface area contributed by atoms with E-state index in [2.05, 4.69) is 20.9 Å². The summed E-state index contributed by atoms with van der Waals surface area (Å²) in [4.78, 5) is 17.1. The van der Waals surface area contributed by atoms with E-state index in [-0.39, 0.29) is 5.78 Å². The molecule has 0 aliphatic carbocycles. The van der Waals surface area contributed by atoms with Crippen molar-refractivity contribution in [3.05, 3.63) is 70.0 Å². The second-order valence-electron chi connectivity index (χ2n) is 4.94. The molecule has 0 amide bonds. The molecule has 21 heavy (non-hydrogen) atoms. The zero-order valence-electron chi connectivity index (χ0n) is 11.0. The first-order valence-electron chi connectivity index (χ1n) is 6.58. The fourth-order valence-electron chi connectivity index (χ4n) is 2.52. The lowest BCUT2D eigenvalue weighted by atomic mass is 9.99. The summed E-state index contributed by atoms with van der Waals surface area (Å²) in [6.07, 6.45) is 1.67. The van der Waals surface area contributed by atoms with Gasteiger partial charge in [-0.15, -0.1) is 0 Å². The molecule has 0 bridgehead atoms. The minimum atomic E-state index is -0.0756. The van der Waals surface area contributed by atoms with E-state index in [1.807, 2.05) is 42.5 Å². The van der Waals surface area contributed by atoms with Crippen LogP contribution in [0.1, 0.15) is 21.6 Å². The summed E-state index contributed by atoms with van der Waals surface area (Å²) < 4.78 is 6.05. The van der Waals surface area contributed by atoms with E-state index in [1.165, 1.54) is 0 Å². The Morgan fingerprint density at radius 2 is 2.05 bits per heavy atom. The van der Waals surface area contributed by atoms with E-state index in [0.29, 0.717) is 17.9 Å². The van der Waals surface area contributed by atoms with Crippen LogP contribution >= 0.6 is 15.9 Å². The van der Waals surface area contributed by atoms with Crippen LogP contribution in [0.5, 0.6) is 5.75 Å². The second-order valence-corrected chi connectivity index (χ2v) is 5.79. The Morgan fingerprint density at radius 1 is 1.19 bits per heavy atom. The molecule has 0 N–H and O–H groups in total. The molecule has 2 aromatic carbocycles. The average Bonchev–Trinajstić information content (AvgIpc) is 2.50. The normalized spacial score (nSPS) is 12.4. The molecule has 1 aliphatic heterocycles. The molecule has 0 atom stereocenters. The van der Waals surface area contributed by atoms with Gasteiger partial charge in [0.15, 0.2) is 0 Å². The summed E-state index contributed by atoms with van der Waals surface area (Å²) in [5.41, 5.74) is 2.16. The van der Waals surface area contributed by atoms with Crippen LogP contribution in [-0.2, 0) is 6.61 Å².